The summed E-state index contributed by atoms with van der Waals surface area (Å²) in [5.74, 6) is 0.658. The highest BCUT2D eigenvalue weighted by Crippen LogP contribution is 2.36. The largest absolute Gasteiger partial charge is 0.506 e. The lowest BCUT2D eigenvalue weighted by Crippen LogP contribution is -1.96. The van der Waals surface area contributed by atoms with Gasteiger partial charge in [0, 0.05) is 27.3 Å². The number of phenols is 1. The van der Waals surface area contributed by atoms with Crippen molar-refractivity contribution < 1.29 is 7.85 Å². The molecule has 4 nitrogen and oxygen atoms in total. The summed E-state index contributed by atoms with van der Waals surface area (Å²) in [4.78, 5) is 10.0. The zero-order valence-corrected chi connectivity index (χ0v) is 17.1. The number of benzene rings is 3. The Morgan fingerprint density at radius 2 is 1.77 bits per heavy atom. The van der Waals surface area contributed by atoms with Crippen LogP contribution in [0.25, 0.3) is 38.5 Å². The number of rotatable bonds is 3. The van der Waals surface area contributed by atoms with Gasteiger partial charge in [0.2, 0.25) is 0 Å². The van der Waals surface area contributed by atoms with Gasteiger partial charge in [0.15, 0.2) is 0 Å². The molecule has 0 unspecified atom stereocenters. The number of phenolic OH excluding ortho intramolecular Hbond substituents is 1. The lowest BCUT2D eigenvalue weighted by Gasteiger charge is -2.08. The van der Waals surface area contributed by atoms with Crippen LogP contribution in [-0.2, 0) is 0 Å². The van der Waals surface area contributed by atoms with Crippen LogP contribution in [0.2, 0.25) is 0 Å². The van der Waals surface area contributed by atoms with E-state index in [1.165, 1.54) is 24.0 Å². The van der Waals surface area contributed by atoms with Crippen molar-refractivity contribution in [2.45, 2.75) is 9.92 Å². The maximum atomic E-state index is 10.2. The molecular weight excluding hydrogens is 402 g/mol. The van der Waals surface area contributed by atoms with Crippen LogP contribution in [-0.4, -0.2) is 19.6 Å². The number of para-hydroxylation sites is 2. The molecule has 0 aliphatic rings. The van der Waals surface area contributed by atoms with Gasteiger partial charge in [-0.15, -0.1) is 0 Å². The van der Waals surface area contributed by atoms with Crippen LogP contribution >= 0.6 is 11.8 Å². The smallest absolute Gasteiger partial charge is 0.141 e. The lowest BCUT2D eigenvalue weighted by atomic mass is 10.2. The van der Waals surface area contributed by atoms with E-state index < -0.39 is 0 Å². The molecule has 3 heterocycles. The Balaban J connectivity index is 1.53. The summed E-state index contributed by atoms with van der Waals surface area (Å²) in [6.07, 6.45) is 1.47. The molecule has 3 aromatic heterocycles. The molecule has 31 heavy (non-hydrogen) atoms. The van der Waals surface area contributed by atoms with E-state index in [0.29, 0.717) is 11.3 Å². The average molecular weight is 422 g/mol. The van der Waals surface area contributed by atoms with Gasteiger partial charge in [-0.1, -0.05) is 54.2 Å². The molecule has 0 amide bonds. The van der Waals surface area contributed by atoms with Crippen LogP contribution in [0.1, 0.15) is 2.74 Å². The zero-order valence-electron chi connectivity index (χ0n) is 18.3. The van der Waals surface area contributed by atoms with Crippen LogP contribution in [0.15, 0.2) is 107 Å². The highest BCUT2D eigenvalue weighted by atomic mass is 32.2. The van der Waals surface area contributed by atoms with Crippen molar-refractivity contribution in [2.24, 2.45) is 0 Å². The summed E-state index contributed by atoms with van der Waals surface area (Å²) in [6.45, 7) is 0. The molecule has 0 saturated heterocycles. The van der Waals surface area contributed by atoms with Crippen LogP contribution < -0.4 is 0 Å². The number of fused-ring (bicyclic) bond motifs is 4. The third kappa shape index (κ3) is 3.02. The van der Waals surface area contributed by atoms with Crippen molar-refractivity contribution in [3.8, 4) is 11.6 Å². The third-order valence-corrected chi connectivity index (χ3v) is 6.22. The highest BCUT2D eigenvalue weighted by molar-refractivity contribution is 7.99. The van der Waals surface area contributed by atoms with Gasteiger partial charge in [0.05, 0.1) is 13.8 Å². The molecule has 0 bridgehead atoms. The fourth-order valence-corrected chi connectivity index (χ4v) is 4.76. The maximum absolute atomic E-state index is 10.2. The molecule has 0 radical (unpaired) electrons. The number of aromatic hydroxyl groups is 1. The van der Waals surface area contributed by atoms with Crippen molar-refractivity contribution in [1.29, 1.82) is 0 Å². The van der Waals surface area contributed by atoms with Gasteiger partial charge in [0.25, 0.3) is 0 Å². The van der Waals surface area contributed by atoms with Gasteiger partial charge in [-0.05, 0) is 48.5 Å². The second kappa shape index (κ2) is 7.15. The molecular formula is C26H17N3OS. The van der Waals surface area contributed by atoms with Gasteiger partial charge in [-0.25, -0.2) is 9.97 Å². The fraction of sp³-hybridized carbons (Fsp3) is 0. The Labute approximate surface area is 185 Å². The summed E-state index contributed by atoms with van der Waals surface area (Å²) in [5, 5.41) is 14.0. The summed E-state index contributed by atoms with van der Waals surface area (Å²) in [7, 11) is 0. The van der Waals surface area contributed by atoms with E-state index in [1.54, 1.807) is 12.1 Å². The first-order chi connectivity index (χ1) is 16.1. The van der Waals surface area contributed by atoms with Crippen LogP contribution in [0.5, 0.6) is 5.75 Å². The summed E-state index contributed by atoms with van der Waals surface area (Å²) in [5.41, 5.74) is 2.47. The summed E-state index contributed by atoms with van der Waals surface area (Å²) >= 11 is 1.51. The van der Waals surface area contributed by atoms with Gasteiger partial charge < -0.3 is 5.11 Å². The molecule has 0 aliphatic heterocycles. The Bertz CT molecular complexity index is 1700. The molecule has 0 fully saturated rings. The standard InChI is InChI=1S/C26H17N3OS/c30-23-9-5-6-17-11-14-25(28-26(17)23)31-18-12-13-20-19-7-1-2-8-21(19)29(22(20)16-18)24-10-3-4-15-27-24/h1-16,30H/i4D,10D. The third-order valence-electron chi connectivity index (χ3n) is 5.30. The minimum absolute atomic E-state index is 0.164. The molecule has 0 saturated carbocycles. The molecule has 1 N–H and O–H groups in total. The molecule has 6 aromatic rings. The Kier molecular flexibility index (Phi) is 3.67. The number of nitrogens with zero attached hydrogens (tertiary/aromatic N) is 3. The van der Waals surface area contributed by atoms with E-state index in [4.69, 9.17) is 2.74 Å². The normalized spacial score (nSPS) is 12.4. The first-order valence-corrected chi connectivity index (χ1v) is 10.6. The minimum Gasteiger partial charge on any atom is -0.506 e. The minimum atomic E-state index is 0.164. The van der Waals surface area contributed by atoms with E-state index in [-0.39, 0.29) is 17.8 Å². The Hall–Kier alpha value is -3.83. The van der Waals surface area contributed by atoms with E-state index in [0.717, 1.165) is 37.1 Å². The SMILES string of the molecule is [2H]c1cnc(-n2c3ccccc3c3ccc(Sc4ccc5cccc(O)c5n4)cc32)c([2H])c1. The molecule has 0 atom stereocenters. The van der Waals surface area contributed by atoms with E-state index >= 15 is 0 Å². The molecule has 148 valence electrons. The van der Waals surface area contributed by atoms with Crippen LogP contribution in [0, 0.1) is 0 Å². The molecule has 3 aromatic carbocycles. The molecule has 0 aliphatic carbocycles. The van der Waals surface area contributed by atoms with Crippen molar-refractivity contribution in [1.82, 2.24) is 14.5 Å². The lowest BCUT2D eigenvalue weighted by molar-refractivity contribution is 0.480. The Morgan fingerprint density at radius 1 is 0.871 bits per heavy atom. The second-order valence-electron chi connectivity index (χ2n) is 7.17. The van der Waals surface area contributed by atoms with Crippen molar-refractivity contribution in [3.63, 3.8) is 0 Å². The first kappa shape index (κ1) is 15.9. The summed E-state index contributed by atoms with van der Waals surface area (Å²) in [6, 6.07) is 25.5. The fourth-order valence-electron chi connectivity index (χ4n) is 3.93. The number of pyridine rings is 2. The Morgan fingerprint density at radius 3 is 2.71 bits per heavy atom. The maximum Gasteiger partial charge on any atom is 0.141 e. The van der Waals surface area contributed by atoms with Gasteiger partial charge in [-0.2, -0.15) is 0 Å². The summed E-state index contributed by atoms with van der Waals surface area (Å²) < 4.78 is 18.2. The monoisotopic (exact) mass is 421 g/mol. The molecule has 5 heteroatoms. The van der Waals surface area contributed by atoms with Crippen molar-refractivity contribution >= 4 is 44.5 Å². The average Bonchev–Trinajstić information content (AvgIpc) is 3.13. The van der Waals surface area contributed by atoms with Crippen molar-refractivity contribution in [3.05, 3.63) is 97.1 Å². The number of hydrogen-bond acceptors (Lipinski definition) is 4. The highest BCUT2D eigenvalue weighted by Gasteiger charge is 2.14. The van der Waals surface area contributed by atoms with E-state index in [9.17, 15) is 5.11 Å². The molecule has 6 rings (SSSR count). The van der Waals surface area contributed by atoms with Gasteiger partial charge >= 0.3 is 0 Å². The topological polar surface area (TPSA) is 50.9 Å². The number of aromatic nitrogens is 3. The predicted octanol–water partition coefficient (Wildman–Crippen LogP) is 6.58. The van der Waals surface area contributed by atoms with Crippen LogP contribution in [0.3, 0.4) is 0 Å². The quantitative estimate of drug-likeness (QED) is 0.350. The van der Waals surface area contributed by atoms with E-state index in [2.05, 4.69) is 34.2 Å². The van der Waals surface area contributed by atoms with Crippen molar-refractivity contribution in [2.75, 3.05) is 0 Å². The molecule has 0 spiro atoms. The first-order valence-electron chi connectivity index (χ1n) is 10.8. The second-order valence-corrected chi connectivity index (χ2v) is 8.26. The zero-order chi connectivity index (χ0) is 22.5. The van der Waals surface area contributed by atoms with Gasteiger partial charge in [0.1, 0.15) is 22.1 Å². The van der Waals surface area contributed by atoms with Gasteiger partial charge in [-0.3, -0.25) is 4.57 Å². The van der Waals surface area contributed by atoms with Crippen LogP contribution in [0.4, 0.5) is 0 Å². The number of hydrogen-bond donors (Lipinski definition) is 1. The van der Waals surface area contributed by atoms with E-state index in [1.807, 2.05) is 41.0 Å². The predicted molar refractivity (Wildman–Crippen MR) is 126 cm³/mol.